The molecule has 4 N–H and O–H groups in total. The van der Waals surface area contributed by atoms with Crippen molar-refractivity contribution in [3.05, 3.63) is 118 Å². The predicted octanol–water partition coefficient (Wildman–Crippen LogP) is 2.89. The molecule has 0 aliphatic carbocycles. The van der Waals surface area contributed by atoms with E-state index in [2.05, 4.69) is 15.3 Å². The topological polar surface area (TPSA) is 182 Å². The third-order valence-electron chi connectivity index (χ3n) is 6.57. The van der Waals surface area contributed by atoms with Gasteiger partial charge in [-0.05, 0) is 28.8 Å². The number of rotatable bonds is 11. The molecule has 2 heterocycles. The summed E-state index contributed by atoms with van der Waals surface area (Å²) in [6.07, 6.45) is 0.675. The minimum Gasteiger partial charge on any atom is -0.497 e. The number of hydrogen-bond acceptors (Lipinski definition) is 10. The van der Waals surface area contributed by atoms with E-state index in [0.717, 1.165) is 22.4 Å². The Morgan fingerprint density at radius 3 is 2.02 bits per heavy atom. The number of aromatic nitrogens is 4. The van der Waals surface area contributed by atoms with Gasteiger partial charge < -0.3 is 25.0 Å². The molecule has 5 rings (SSSR count). The second-order valence-corrected chi connectivity index (χ2v) is 8.92. The van der Waals surface area contributed by atoms with Crippen LogP contribution in [0.25, 0.3) is 11.2 Å². The molecule has 3 aromatic carbocycles. The highest BCUT2D eigenvalue weighted by atomic mass is 16.5. The van der Waals surface area contributed by atoms with Crippen molar-refractivity contribution in [2.45, 2.75) is 18.4 Å². The van der Waals surface area contributed by atoms with E-state index in [9.17, 15) is 15.0 Å². The van der Waals surface area contributed by atoms with Crippen LogP contribution in [0.1, 0.15) is 16.7 Å². The van der Waals surface area contributed by atoms with Crippen LogP contribution in [-0.2, 0) is 17.0 Å². The fourth-order valence-electron chi connectivity index (χ4n) is 4.57. The van der Waals surface area contributed by atoms with E-state index >= 15 is 0 Å². The molecule has 12 heteroatoms. The minimum atomic E-state index is -0.946. The summed E-state index contributed by atoms with van der Waals surface area (Å²) in [7, 11) is 1.62. The van der Waals surface area contributed by atoms with E-state index in [4.69, 9.17) is 25.2 Å². The number of imidazole rings is 1. The van der Waals surface area contributed by atoms with Gasteiger partial charge in [-0.15, -0.1) is 0 Å². The van der Waals surface area contributed by atoms with Crippen molar-refractivity contribution in [2.24, 2.45) is 0 Å². The van der Waals surface area contributed by atoms with Gasteiger partial charge in [0, 0.05) is 10.8 Å². The van der Waals surface area contributed by atoms with Crippen molar-refractivity contribution in [3.63, 3.8) is 0 Å². The van der Waals surface area contributed by atoms with Gasteiger partial charge in [-0.2, -0.15) is 4.98 Å². The van der Waals surface area contributed by atoms with E-state index in [1.807, 2.05) is 84.9 Å². The maximum Gasteiger partial charge on any atom is 0.280 e. The number of aliphatic hydroxyl groups is 2. The number of nitrogens with zero attached hydrogens (tertiary/aromatic N) is 5. The van der Waals surface area contributed by atoms with Crippen molar-refractivity contribution < 1.29 is 19.7 Å². The number of aliphatic hydroxyl groups excluding tert-OH is 2. The maximum absolute atomic E-state index is 13.1. The summed E-state index contributed by atoms with van der Waals surface area (Å²) in [6.45, 7) is -0.746. The smallest absolute Gasteiger partial charge is 0.280 e. The molecule has 0 fully saturated rings. The lowest BCUT2D eigenvalue weighted by molar-refractivity contribution is -0.0488. The largest absolute Gasteiger partial charge is 0.497 e. The molecule has 0 aliphatic rings. The van der Waals surface area contributed by atoms with Crippen LogP contribution in [0.15, 0.2) is 96.1 Å². The first-order valence-corrected chi connectivity index (χ1v) is 12.6. The molecule has 0 spiro atoms. The van der Waals surface area contributed by atoms with Crippen molar-refractivity contribution in [2.75, 3.05) is 25.6 Å². The lowest BCUT2D eigenvalue weighted by atomic mass is 9.77. The molecule has 0 aliphatic heterocycles. The zero-order valence-electron chi connectivity index (χ0n) is 22.2. The van der Waals surface area contributed by atoms with Gasteiger partial charge in [-0.3, -0.25) is 14.3 Å². The highest BCUT2D eigenvalue weighted by Gasteiger charge is 2.37. The number of hydrogen-bond donors (Lipinski definition) is 4. The van der Waals surface area contributed by atoms with Gasteiger partial charge in [0.25, 0.3) is 5.56 Å². The lowest BCUT2D eigenvalue weighted by Gasteiger charge is -2.37. The number of nitrogens with one attached hydrogen (secondary N) is 2. The van der Waals surface area contributed by atoms with Gasteiger partial charge in [-0.25, -0.2) is 4.98 Å². The number of fused-ring (bicyclic) bond motifs is 1. The quantitative estimate of drug-likeness (QED) is 0.140. The highest BCUT2D eigenvalue weighted by molar-refractivity contribution is 5.71. The first kappa shape index (κ1) is 28.9. The summed E-state index contributed by atoms with van der Waals surface area (Å²) < 4.78 is 12.5. The van der Waals surface area contributed by atoms with Crippen molar-refractivity contribution in [3.8, 4) is 5.75 Å². The first-order chi connectivity index (χ1) is 20.1. The number of benzene rings is 3. The standard InChI is InChI=1S/C29H29N5O5.N2/c1-38-23-14-12-22(13-15-23)29(20-8-4-2-5-9-20,21-10-6-3-7-11-21)33-28-31-26-25(27(37)32-28)30-18-34(26)19-39-24(16-35)17-36;1-2/h2-15,18,24,35-36H,16-17,19H2,1H3,(H2,31,32,33,37);. The molecule has 0 saturated carbocycles. The Morgan fingerprint density at radius 1 is 0.927 bits per heavy atom. The Balaban J connectivity index is 0.00000189. The highest BCUT2D eigenvalue weighted by Crippen LogP contribution is 2.40. The Morgan fingerprint density at radius 2 is 1.49 bits per heavy atom. The van der Waals surface area contributed by atoms with Crippen molar-refractivity contribution in [1.29, 1.82) is 10.8 Å². The van der Waals surface area contributed by atoms with Crippen LogP contribution in [0.3, 0.4) is 0 Å². The Labute approximate surface area is 235 Å². The molecular formula is C29H29N7O5. The fourth-order valence-corrected chi connectivity index (χ4v) is 4.57. The van der Waals surface area contributed by atoms with Crippen LogP contribution in [0.2, 0.25) is 0 Å². The Kier molecular flexibility index (Phi) is 9.39. The van der Waals surface area contributed by atoms with Crippen LogP contribution in [0.4, 0.5) is 5.95 Å². The average molecular weight is 556 g/mol. The number of methoxy groups -OCH3 is 1. The molecule has 2 aromatic heterocycles. The van der Waals surface area contributed by atoms with Gasteiger partial charge in [-0.1, -0.05) is 72.8 Å². The molecule has 41 heavy (non-hydrogen) atoms. The normalized spacial score (nSPS) is 11.2. The lowest BCUT2D eigenvalue weighted by Crippen LogP contribution is -2.39. The predicted molar refractivity (Wildman–Crippen MR) is 150 cm³/mol. The zero-order valence-corrected chi connectivity index (χ0v) is 22.2. The fraction of sp³-hybridized carbons (Fsp3) is 0.207. The third kappa shape index (κ3) is 5.92. The SMILES string of the molecule is COc1ccc(C(Nc2nc3c(ncn3COC(CO)CO)c(=O)[nH]2)(c2ccccc2)c2ccccc2)cc1.N#N. The van der Waals surface area contributed by atoms with E-state index in [1.165, 1.54) is 6.33 Å². The van der Waals surface area contributed by atoms with Gasteiger partial charge in [0.1, 0.15) is 24.1 Å². The molecule has 0 bridgehead atoms. The van der Waals surface area contributed by atoms with Gasteiger partial charge >= 0.3 is 0 Å². The third-order valence-corrected chi connectivity index (χ3v) is 6.57. The van der Waals surface area contributed by atoms with Gasteiger partial charge in [0.05, 0.1) is 26.7 Å². The number of aromatic amines is 1. The Bertz CT molecular complexity index is 1580. The molecular weight excluding hydrogens is 526 g/mol. The van der Waals surface area contributed by atoms with Gasteiger partial charge in [0.15, 0.2) is 11.2 Å². The molecule has 5 aromatic rings. The summed E-state index contributed by atoms with van der Waals surface area (Å²) in [5.74, 6) is 0.938. The molecule has 0 atom stereocenters. The van der Waals surface area contributed by atoms with E-state index in [1.54, 1.807) is 11.7 Å². The van der Waals surface area contributed by atoms with Crippen molar-refractivity contribution in [1.82, 2.24) is 19.5 Å². The summed E-state index contributed by atoms with van der Waals surface area (Å²) in [4.78, 5) is 24.8. The molecule has 0 radical (unpaired) electrons. The maximum atomic E-state index is 13.1. The molecule has 0 amide bonds. The van der Waals surface area contributed by atoms with Crippen LogP contribution >= 0.6 is 0 Å². The first-order valence-electron chi connectivity index (χ1n) is 12.6. The van der Waals surface area contributed by atoms with Crippen molar-refractivity contribution >= 4 is 17.1 Å². The minimum absolute atomic E-state index is 0.0564. The van der Waals surface area contributed by atoms with Crippen LogP contribution in [0.5, 0.6) is 5.75 Å². The molecule has 0 saturated heterocycles. The van der Waals surface area contributed by atoms with E-state index in [-0.39, 0.29) is 31.4 Å². The zero-order chi connectivity index (χ0) is 29.2. The summed E-state index contributed by atoms with van der Waals surface area (Å²) in [5.41, 5.74) is 1.81. The second kappa shape index (κ2) is 13.3. The number of ether oxygens (including phenoxy) is 2. The summed E-state index contributed by atoms with van der Waals surface area (Å²) in [5, 5.41) is 34.2. The monoisotopic (exact) mass is 555 g/mol. The van der Waals surface area contributed by atoms with Crippen LogP contribution < -0.4 is 15.6 Å². The summed E-state index contributed by atoms with van der Waals surface area (Å²) in [6, 6.07) is 27.5. The molecule has 210 valence electrons. The average Bonchev–Trinajstić information content (AvgIpc) is 3.45. The molecule has 0 unspecified atom stereocenters. The number of H-pyrrole nitrogens is 1. The van der Waals surface area contributed by atoms with E-state index < -0.39 is 17.2 Å². The number of anilines is 1. The van der Waals surface area contributed by atoms with Gasteiger partial charge in [0.2, 0.25) is 5.95 Å². The van der Waals surface area contributed by atoms with Crippen LogP contribution in [0, 0.1) is 10.8 Å². The summed E-state index contributed by atoms with van der Waals surface area (Å²) >= 11 is 0. The molecule has 12 nitrogen and oxygen atoms in total. The van der Waals surface area contributed by atoms with E-state index in [0.29, 0.717) is 5.65 Å². The second-order valence-electron chi connectivity index (χ2n) is 8.92. The van der Waals surface area contributed by atoms with Crippen LogP contribution in [-0.4, -0.2) is 56.2 Å². The Hall–Kier alpha value is -5.09.